The molecule has 0 aliphatic heterocycles. The highest BCUT2D eigenvalue weighted by molar-refractivity contribution is 5.32. The Morgan fingerprint density at radius 3 is 1.83 bits per heavy atom. The molecule has 5 rings (SSSR count). The van der Waals surface area contributed by atoms with Crippen LogP contribution in [0, 0.1) is 23.7 Å². The summed E-state index contributed by atoms with van der Waals surface area (Å²) in [4.78, 5) is 0. The predicted molar refractivity (Wildman–Crippen MR) is 69.0 cm³/mol. The molecule has 0 heterocycles. The Kier molecular flexibility index (Phi) is 2.12. The van der Waals surface area contributed by atoms with Gasteiger partial charge in [0, 0.05) is 0 Å². The summed E-state index contributed by atoms with van der Waals surface area (Å²) in [7, 11) is 0. The fraction of sp³-hybridized carbons (Fsp3) is 0.625. The first-order chi connectivity index (χ1) is 8.66. The van der Waals surface area contributed by atoms with Gasteiger partial charge in [0.2, 0.25) is 0 Å². The second-order valence-electron chi connectivity index (χ2n) is 6.68. The molecule has 96 valence electrons. The van der Waals surface area contributed by atoms with Crippen LogP contribution in [0.25, 0.3) is 0 Å². The molecule has 0 atom stereocenters. The van der Waals surface area contributed by atoms with Crippen LogP contribution in [0.15, 0.2) is 24.3 Å². The van der Waals surface area contributed by atoms with Gasteiger partial charge >= 0.3 is 0 Å². The van der Waals surface area contributed by atoms with Gasteiger partial charge in [-0.1, -0.05) is 12.1 Å². The fourth-order valence-corrected chi connectivity index (χ4v) is 5.10. The number of hydrogen-bond acceptors (Lipinski definition) is 2. The number of rotatable bonds is 1. The monoisotopic (exact) mass is 244 g/mol. The van der Waals surface area contributed by atoms with E-state index in [1.54, 1.807) is 12.1 Å². The average Bonchev–Trinajstić information content (AvgIpc) is 2.35. The van der Waals surface area contributed by atoms with Crippen LogP contribution in [-0.4, -0.2) is 10.2 Å². The van der Waals surface area contributed by atoms with Crippen molar-refractivity contribution in [1.82, 2.24) is 0 Å². The normalized spacial score (nSPS) is 45.4. The molecule has 4 fully saturated rings. The minimum absolute atomic E-state index is 0.283. The molecule has 0 saturated heterocycles. The number of phenolic OH excluding ortho intramolecular Hbond substituents is 1. The van der Waals surface area contributed by atoms with Gasteiger partial charge < -0.3 is 10.2 Å². The lowest BCUT2D eigenvalue weighted by atomic mass is 9.48. The highest BCUT2D eigenvalue weighted by Gasteiger charge is 2.57. The van der Waals surface area contributed by atoms with Crippen molar-refractivity contribution >= 4 is 0 Å². The van der Waals surface area contributed by atoms with Crippen LogP contribution in [0.1, 0.15) is 37.7 Å². The molecule has 4 saturated carbocycles. The molecule has 0 aromatic heterocycles. The third-order valence-electron chi connectivity index (χ3n) is 5.71. The van der Waals surface area contributed by atoms with Crippen LogP contribution >= 0.6 is 0 Å². The number of aromatic hydroxyl groups is 1. The third-order valence-corrected chi connectivity index (χ3v) is 5.71. The van der Waals surface area contributed by atoms with Crippen LogP contribution in [0.2, 0.25) is 0 Å². The van der Waals surface area contributed by atoms with Crippen molar-refractivity contribution in [3.63, 3.8) is 0 Å². The number of aliphatic hydroxyl groups is 1. The molecular formula is C16H20O2. The molecular weight excluding hydrogens is 224 g/mol. The summed E-state index contributed by atoms with van der Waals surface area (Å²) in [6.07, 6.45) is 6.20. The lowest BCUT2D eigenvalue weighted by Crippen LogP contribution is -2.55. The molecule has 1 aromatic rings. The first-order valence-electron chi connectivity index (χ1n) is 7.18. The van der Waals surface area contributed by atoms with E-state index >= 15 is 0 Å². The molecule has 18 heavy (non-hydrogen) atoms. The van der Waals surface area contributed by atoms with Gasteiger partial charge in [-0.25, -0.2) is 0 Å². The zero-order valence-electron chi connectivity index (χ0n) is 10.5. The molecule has 2 N–H and O–H groups in total. The van der Waals surface area contributed by atoms with Crippen LogP contribution in [0.4, 0.5) is 0 Å². The Morgan fingerprint density at radius 1 is 0.833 bits per heavy atom. The largest absolute Gasteiger partial charge is 0.508 e. The van der Waals surface area contributed by atoms with E-state index in [0.29, 0.717) is 11.8 Å². The average molecular weight is 244 g/mol. The molecule has 0 radical (unpaired) electrons. The second-order valence-corrected chi connectivity index (χ2v) is 6.68. The minimum atomic E-state index is -0.624. The summed E-state index contributed by atoms with van der Waals surface area (Å²) in [6.45, 7) is 0. The fourth-order valence-electron chi connectivity index (χ4n) is 5.10. The standard InChI is InChI=1S/C16H20O2/c17-15-3-1-12(2-4-15)16(18)13-6-10-5-11(8-13)9-14(16)7-10/h1-4,10-11,13-14,17-18H,5-9H2. The number of hydrogen-bond donors (Lipinski definition) is 2. The first kappa shape index (κ1) is 10.9. The Hall–Kier alpha value is -1.02. The quantitative estimate of drug-likeness (QED) is 0.797. The van der Waals surface area contributed by atoms with Gasteiger partial charge in [0.25, 0.3) is 0 Å². The Balaban J connectivity index is 1.76. The van der Waals surface area contributed by atoms with E-state index in [9.17, 15) is 10.2 Å². The summed E-state index contributed by atoms with van der Waals surface area (Å²) in [6, 6.07) is 7.24. The van der Waals surface area contributed by atoms with Gasteiger partial charge in [0.1, 0.15) is 5.75 Å². The third kappa shape index (κ3) is 1.33. The smallest absolute Gasteiger partial charge is 0.115 e. The van der Waals surface area contributed by atoms with Gasteiger partial charge in [-0.15, -0.1) is 0 Å². The lowest BCUT2D eigenvalue weighted by Gasteiger charge is -2.59. The van der Waals surface area contributed by atoms with Gasteiger partial charge in [0.15, 0.2) is 0 Å². The maximum absolute atomic E-state index is 11.3. The zero-order valence-corrected chi connectivity index (χ0v) is 10.5. The van der Waals surface area contributed by atoms with E-state index in [1.807, 2.05) is 12.1 Å². The Morgan fingerprint density at radius 2 is 1.33 bits per heavy atom. The molecule has 4 aliphatic rings. The zero-order chi connectivity index (χ0) is 12.3. The number of phenols is 1. The summed E-state index contributed by atoms with van der Waals surface area (Å²) >= 11 is 0. The van der Waals surface area contributed by atoms with Gasteiger partial charge in [0.05, 0.1) is 5.60 Å². The molecule has 1 aromatic carbocycles. The van der Waals surface area contributed by atoms with Gasteiger partial charge in [-0.2, -0.15) is 0 Å². The van der Waals surface area contributed by atoms with Crippen LogP contribution in [-0.2, 0) is 5.60 Å². The van der Waals surface area contributed by atoms with Crippen molar-refractivity contribution in [2.24, 2.45) is 23.7 Å². The molecule has 0 unspecified atom stereocenters. The topological polar surface area (TPSA) is 40.5 Å². The van der Waals surface area contributed by atoms with E-state index in [2.05, 4.69) is 0 Å². The highest BCUT2D eigenvalue weighted by Crippen LogP contribution is 2.61. The predicted octanol–water partition coefficient (Wildman–Crippen LogP) is 3.04. The van der Waals surface area contributed by atoms with Crippen molar-refractivity contribution in [2.45, 2.75) is 37.7 Å². The van der Waals surface area contributed by atoms with Crippen molar-refractivity contribution in [3.05, 3.63) is 29.8 Å². The summed E-state index contributed by atoms with van der Waals surface area (Å²) < 4.78 is 0. The second kappa shape index (κ2) is 3.51. The SMILES string of the molecule is Oc1ccc(C2(O)C3CC4CC(C3)CC2C4)cc1. The summed E-state index contributed by atoms with van der Waals surface area (Å²) in [5, 5.41) is 20.7. The van der Waals surface area contributed by atoms with E-state index < -0.39 is 5.60 Å². The van der Waals surface area contributed by atoms with Crippen LogP contribution in [0.5, 0.6) is 5.75 Å². The van der Waals surface area contributed by atoms with E-state index in [-0.39, 0.29) is 5.75 Å². The maximum Gasteiger partial charge on any atom is 0.115 e. The molecule has 4 bridgehead atoms. The van der Waals surface area contributed by atoms with E-state index in [0.717, 1.165) is 17.4 Å². The molecule has 4 aliphatic carbocycles. The first-order valence-corrected chi connectivity index (χ1v) is 7.18. The van der Waals surface area contributed by atoms with Crippen molar-refractivity contribution < 1.29 is 10.2 Å². The van der Waals surface area contributed by atoms with Gasteiger partial charge in [-0.05, 0) is 73.5 Å². The highest BCUT2D eigenvalue weighted by atomic mass is 16.3. The van der Waals surface area contributed by atoms with Crippen molar-refractivity contribution in [1.29, 1.82) is 0 Å². The van der Waals surface area contributed by atoms with Crippen LogP contribution in [0.3, 0.4) is 0 Å². The van der Waals surface area contributed by atoms with Crippen molar-refractivity contribution in [2.75, 3.05) is 0 Å². The van der Waals surface area contributed by atoms with E-state index in [1.165, 1.54) is 32.1 Å². The Labute approximate surface area is 108 Å². The molecule has 0 spiro atoms. The lowest BCUT2D eigenvalue weighted by molar-refractivity contribution is -0.179. The van der Waals surface area contributed by atoms with Crippen LogP contribution < -0.4 is 0 Å². The summed E-state index contributed by atoms with van der Waals surface area (Å²) in [5.41, 5.74) is 0.398. The summed E-state index contributed by atoms with van der Waals surface area (Å²) in [5.74, 6) is 2.90. The molecule has 2 heteroatoms. The maximum atomic E-state index is 11.3. The van der Waals surface area contributed by atoms with Gasteiger partial charge in [-0.3, -0.25) is 0 Å². The Bertz CT molecular complexity index is 434. The molecule has 0 amide bonds. The molecule has 2 nitrogen and oxygen atoms in total. The number of benzene rings is 1. The minimum Gasteiger partial charge on any atom is -0.508 e. The van der Waals surface area contributed by atoms with E-state index in [4.69, 9.17) is 0 Å². The van der Waals surface area contributed by atoms with Crippen molar-refractivity contribution in [3.8, 4) is 5.75 Å².